The van der Waals surface area contributed by atoms with E-state index in [4.69, 9.17) is 5.10 Å². The second kappa shape index (κ2) is 4.97. The van der Waals surface area contributed by atoms with Crippen LogP contribution in [0.4, 0.5) is 0 Å². The lowest BCUT2D eigenvalue weighted by Gasteiger charge is -2.10. The molecule has 0 saturated carbocycles. The van der Waals surface area contributed by atoms with Gasteiger partial charge >= 0.3 is 0 Å². The molecule has 18 heavy (non-hydrogen) atoms. The first-order valence-corrected chi connectivity index (χ1v) is 6.66. The van der Waals surface area contributed by atoms with Gasteiger partial charge < -0.3 is 0 Å². The van der Waals surface area contributed by atoms with Gasteiger partial charge in [-0.05, 0) is 26.7 Å². The Bertz CT molecular complexity index is 522. The van der Waals surface area contributed by atoms with Crippen molar-refractivity contribution >= 4 is 0 Å². The van der Waals surface area contributed by atoms with E-state index in [9.17, 15) is 0 Å². The lowest BCUT2D eigenvalue weighted by molar-refractivity contribution is 0.519. The lowest BCUT2D eigenvalue weighted by Crippen LogP contribution is -2.05. The summed E-state index contributed by atoms with van der Waals surface area (Å²) in [6.45, 7) is 11.0. The molecule has 0 fully saturated rings. The van der Waals surface area contributed by atoms with Crippen LogP contribution in [0.25, 0.3) is 11.3 Å². The fourth-order valence-corrected chi connectivity index (χ4v) is 2.53. The van der Waals surface area contributed by atoms with E-state index in [0.29, 0.717) is 12.0 Å². The highest BCUT2D eigenvalue weighted by molar-refractivity contribution is 5.64. The van der Waals surface area contributed by atoms with E-state index in [1.165, 1.54) is 16.8 Å². The molecule has 1 aromatic carbocycles. The van der Waals surface area contributed by atoms with Crippen molar-refractivity contribution in [1.82, 2.24) is 9.78 Å². The van der Waals surface area contributed by atoms with Gasteiger partial charge in [-0.1, -0.05) is 44.2 Å². The predicted molar refractivity (Wildman–Crippen MR) is 76.9 cm³/mol. The molecule has 0 aliphatic rings. The standard InChI is InChI=1S/C16H22N2/c1-11(2)15-13(5)18(12(3)4)17-16(15)14-9-7-6-8-10-14/h6-12H,1-5H3. The third-order valence-corrected chi connectivity index (χ3v) is 3.31. The Balaban J connectivity index is 2.63. The minimum absolute atomic E-state index is 0.403. The van der Waals surface area contributed by atoms with Crippen LogP contribution in [-0.4, -0.2) is 9.78 Å². The topological polar surface area (TPSA) is 17.8 Å². The van der Waals surface area contributed by atoms with Crippen LogP contribution in [0.5, 0.6) is 0 Å². The second-order valence-corrected chi connectivity index (χ2v) is 5.41. The zero-order chi connectivity index (χ0) is 13.3. The molecule has 2 rings (SSSR count). The third kappa shape index (κ3) is 2.20. The van der Waals surface area contributed by atoms with Gasteiger partial charge in [-0.25, -0.2) is 0 Å². The molecular formula is C16H22N2. The van der Waals surface area contributed by atoms with Crippen LogP contribution in [0, 0.1) is 6.92 Å². The molecule has 2 heteroatoms. The Morgan fingerprint density at radius 3 is 2.11 bits per heavy atom. The summed E-state index contributed by atoms with van der Waals surface area (Å²) in [5.41, 5.74) is 5.01. The highest BCUT2D eigenvalue weighted by Gasteiger charge is 2.19. The van der Waals surface area contributed by atoms with Crippen LogP contribution >= 0.6 is 0 Å². The molecule has 0 amide bonds. The Hall–Kier alpha value is -1.57. The van der Waals surface area contributed by atoms with Gasteiger partial charge in [0.15, 0.2) is 0 Å². The number of nitrogens with zero attached hydrogens (tertiary/aromatic N) is 2. The molecule has 0 spiro atoms. The van der Waals surface area contributed by atoms with Crippen molar-refractivity contribution in [2.45, 2.75) is 46.6 Å². The summed E-state index contributed by atoms with van der Waals surface area (Å²) in [5, 5.41) is 4.82. The van der Waals surface area contributed by atoms with E-state index < -0.39 is 0 Å². The maximum absolute atomic E-state index is 4.82. The second-order valence-electron chi connectivity index (χ2n) is 5.41. The van der Waals surface area contributed by atoms with Crippen molar-refractivity contribution < 1.29 is 0 Å². The Morgan fingerprint density at radius 1 is 1.00 bits per heavy atom. The van der Waals surface area contributed by atoms with Crippen molar-refractivity contribution in [2.75, 3.05) is 0 Å². The molecule has 1 heterocycles. The van der Waals surface area contributed by atoms with Gasteiger partial charge in [0.25, 0.3) is 0 Å². The van der Waals surface area contributed by atoms with Gasteiger partial charge in [-0.15, -0.1) is 0 Å². The molecule has 2 nitrogen and oxygen atoms in total. The van der Waals surface area contributed by atoms with Crippen LogP contribution in [0.3, 0.4) is 0 Å². The SMILES string of the molecule is Cc1c(C(C)C)c(-c2ccccc2)nn1C(C)C. The average molecular weight is 242 g/mol. The van der Waals surface area contributed by atoms with E-state index in [1.54, 1.807) is 0 Å². The third-order valence-electron chi connectivity index (χ3n) is 3.31. The fourth-order valence-electron chi connectivity index (χ4n) is 2.53. The molecule has 0 atom stereocenters. The molecule has 0 unspecified atom stereocenters. The quantitative estimate of drug-likeness (QED) is 0.771. The molecule has 2 aromatic rings. The Kier molecular flexibility index (Phi) is 3.55. The highest BCUT2D eigenvalue weighted by Crippen LogP contribution is 2.32. The first-order valence-electron chi connectivity index (χ1n) is 6.66. The van der Waals surface area contributed by atoms with Crippen molar-refractivity contribution in [3.8, 4) is 11.3 Å². The molecule has 0 N–H and O–H groups in total. The first kappa shape index (κ1) is 12.9. The van der Waals surface area contributed by atoms with E-state index in [1.807, 2.05) is 6.07 Å². The van der Waals surface area contributed by atoms with E-state index in [0.717, 1.165) is 5.69 Å². The van der Waals surface area contributed by atoms with Crippen LogP contribution < -0.4 is 0 Å². The first-order chi connectivity index (χ1) is 8.52. The molecule has 0 radical (unpaired) electrons. The van der Waals surface area contributed by atoms with Crippen molar-refractivity contribution in [3.63, 3.8) is 0 Å². The summed E-state index contributed by atoms with van der Waals surface area (Å²) in [6, 6.07) is 10.9. The smallest absolute Gasteiger partial charge is 0.0960 e. The van der Waals surface area contributed by atoms with Crippen LogP contribution in [0.15, 0.2) is 30.3 Å². The Labute approximate surface area is 110 Å². The van der Waals surface area contributed by atoms with Gasteiger partial charge in [0.1, 0.15) is 0 Å². The maximum atomic E-state index is 4.82. The molecule has 1 aromatic heterocycles. The lowest BCUT2D eigenvalue weighted by atomic mass is 9.97. The number of hydrogen-bond acceptors (Lipinski definition) is 1. The summed E-state index contributed by atoms with van der Waals surface area (Å²) in [7, 11) is 0. The molecule has 0 saturated heterocycles. The molecule has 0 aliphatic carbocycles. The summed E-state index contributed by atoms with van der Waals surface area (Å²) in [4.78, 5) is 0. The van der Waals surface area contributed by atoms with Gasteiger partial charge in [0, 0.05) is 22.9 Å². The summed E-state index contributed by atoms with van der Waals surface area (Å²) < 4.78 is 2.14. The van der Waals surface area contributed by atoms with Crippen molar-refractivity contribution in [2.24, 2.45) is 0 Å². The van der Waals surface area contributed by atoms with E-state index >= 15 is 0 Å². The molecule has 0 aliphatic heterocycles. The highest BCUT2D eigenvalue weighted by atomic mass is 15.3. The van der Waals surface area contributed by atoms with Crippen LogP contribution in [0.2, 0.25) is 0 Å². The van der Waals surface area contributed by atoms with Gasteiger partial charge in [0.05, 0.1) is 5.69 Å². The van der Waals surface area contributed by atoms with Gasteiger partial charge in [-0.3, -0.25) is 4.68 Å². The normalized spacial score (nSPS) is 11.5. The summed E-state index contributed by atoms with van der Waals surface area (Å²) >= 11 is 0. The van der Waals surface area contributed by atoms with E-state index in [-0.39, 0.29) is 0 Å². The van der Waals surface area contributed by atoms with Crippen molar-refractivity contribution in [1.29, 1.82) is 0 Å². The minimum Gasteiger partial charge on any atom is -0.266 e. The van der Waals surface area contributed by atoms with E-state index in [2.05, 4.69) is 63.6 Å². The zero-order valence-electron chi connectivity index (χ0n) is 11.9. The molecule has 96 valence electrons. The largest absolute Gasteiger partial charge is 0.266 e. The maximum Gasteiger partial charge on any atom is 0.0960 e. The zero-order valence-corrected chi connectivity index (χ0v) is 11.9. The number of benzene rings is 1. The Morgan fingerprint density at radius 2 is 1.61 bits per heavy atom. The van der Waals surface area contributed by atoms with Crippen LogP contribution in [-0.2, 0) is 0 Å². The van der Waals surface area contributed by atoms with Crippen molar-refractivity contribution in [3.05, 3.63) is 41.6 Å². The van der Waals surface area contributed by atoms with Gasteiger partial charge in [-0.2, -0.15) is 5.10 Å². The number of rotatable bonds is 3. The average Bonchev–Trinajstić information content (AvgIpc) is 2.68. The monoisotopic (exact) mass is 242 g/mol. The number of hydrogen-bond donors (Lipinski definition) is 0. The summed E-state index contributed by atoms with van der Waals surface area (Å²) in [6.07, 6.45) is 0. The number of aromatic nitrogens is 2. The summed E-state index contributed by atoms with van der Waals surface area (Å²) in [5.74, 6) is 0.493. The predicted octanol–water partition coefficient (Wildman–Crippen LogP) is 4.56. The fraction of sp³-hybridized carbons (Fsp3) is 0.438. The van der Waals surface area contributed by atoms with Gasteiger partial charge in [0.2, 0.25) is 0 Å². The van der Waals surface area contributed by atoms with Crippen LogP contribution in [0.1, 0.15) is 50.9 Å². The minimum atomic E-state index is 0.403. The molecular weight excluding hydrogens is 220 g/mol. The molecule has 0 bridgehead atoms.